The first kappa shape index (κ1) is 9.65. The Hall–Kier alpha value is -0.900. The SMILES string of the molecule is CC1(C)CC(=O)N(C2CNC2)C(=O)C1. The van der Waals surface area contributed by atoms with Gasteiger partial charge in [0.1, 0.15) is 0 Å². The van der Waals surface area contributed by atoms with Crippen LogP contribution in [-0.2, 0) is 9.59 Å². The number of imide groups is 1. The fraction of sp³-hybridized carbons (Fsp3) is 0.800. The normalized spacial score (nSPS) is 27.7. The van der Waals surface area contributed by atoms with Crippen molar-refractivity contribution in [1.29, 1.82) is 0 Å². The Kier molecular flexibility index (Phi) is 2.10. The van der Waals surface area contributed by atoms with Crippen molar-refractivity contribution in [2.75, 3.05) is 13.1 Å². The van der Waals surface area contributed by atoms with Gasteiger partial charge in [0.15, 0.2) is 0 Å². The minimum Gasteiger partial charge on any atom is -0.313 e. The lowest BCUT2D eigenvalue weighted by Crippen LogP contribution is -2.62. The molecule has 4 nitrogen and oxygen atoms in total. The molecule has 2 heterocycles. The van der Waals surface area contributed by atoms with Crippen molar-refractivity contribution in [2.45, 2.75) is 32.7 Å². The number of hydrogen-bond donors (Lipinski definition) is 1. The first-order chi connectivity index (χ1) is 6.49. The van der Waals surface area contributed by atoms with Crippen LogP contribution in [0.3, 0.4) is 0 Å². The summed E-state index contributed by atoms with van der Waals surface area (Å²) in [4.78, 5) is 24.9. The van der Waals surface area contributed by atoms with E-state index in [9.17, 15) is 9.59 Å². The van der Waals surface area contributed by atoms with E-state index in [0.717, 1.165) is 13.1 Å². The maximum atomic E-state index is 11.7. The molecule has 2 amide bonds. The number of carbonyl (C=O) groups excluding carboxylic acids is 2. The number of nitrogens with one attached hydrogen (secondary N) is 1. The monoisotopic (exact) mass is 196 g/mol. The molecule has 0 spiro atoms. The summed E-state index contributed by atoms with van der Waals surface area (Å²) in [6, 6.07) is 0.117. The highest BCUT2D eigenvalue weighted by Gasteiger charge is 2.42. The maximum Gasteiger partial charge on any atom is 0.230 e. The molecule has 2 fully saturated rings. The van der Waals surface area contributed by atoms with Crippen LogP contribution in [0.5, 0.6) is 0 Å². The second-order valence-corrected chi connectivity index (χ2v) is 4.99. The summed E-state index contributed by atoms with van der Waals surface area (Å²) in [5, 5.41) is 3.07. The zero-order valence-electron chi connectivity index (χ0n) is 8.67. The Bertz CT molecular complexity index is 262. The van der Waals surface area contributed by atoms with Gasteiger partial charge in [0.2, 0.25) is 11.8 Å². The van der Waals surface area contributed by atoms with E-state index in [0.29, 0.717) is 12.8 Å². The van der Waals surface area contributed by atoms with Gasteiger partial charge in [-0.25, -0.2) is 0 Å². The number of rotatable bonds is 1. The summed E-state index contributed by atoms with van der Waals surface area (Å²) < 4.78 is 0. The van der Waals surface area contributed by atoms with Gasteiger partial charge in [0.25, 0.3) is 0 Å². The van der Waals surface area contributed by atoms with Gasteiger partial charge < -0.3 is 5.32 Å². The third kappa shape index (κ3) is 1.54. The zero-order valence-corrected chi connectivity index (χ0v) is 8.67. The van der Waals surface area contributed by atoms with Gasteiger partial charge >= 0.3 is 0 Å². The first-order valence-corrected chi connectivity index (χ1v) is 5.05. The van der Waals surface area contributed by atoms with Gasteiger partial charge in [-0.1, -0.05) is 13.8 Å². The predicted octanol–water partition coefficient (Wildman–Crippen LogP) is 0.133. The third-order valence-electron chi connectivity index (χ3n) is 2.92. The van der Waals surface area contributed by atoms with E-state index in [1.165, 1.54) is 4.90 Å². The van der Waals surface area contributed by atoms with Crippen molar-refractivity contribution >= 4 is 11.8 Å². The molecule has 78 valence electrons. The smallest absolute Gasteiger partial charge is 0.230 e. The van der Waals surface area contributed by atoms with Crippen molar-refractivity contribution in [3.63, 3.8) is 0 Å². The molecule has 1 N–H and O–H groups in total. The maximum absolute atomic E-state index is 11.7. The van der Waals surface area contributed by atoms with Gasteiger partial charge in [-0.2, -0.15) is 0 Å². The Balaban J connectivity index is 2.11. The lowest BCUT2D eigenvalue weighted by molar-refractivity contribution is -0.156. The molecule has 0 aromatic rings. The van der Waals surface area contributed by atoms with Crippen LogP contribution < -0.4 is 5.32 Å². The van der Waals surface area contributed by atoms with E-state index in [1.54, 1.807) is 0 Å². The average Bonchev–Trinajstić information content (AvgIpc) is 1.90. The lowest BCUT2D eigenvalue weighted by atomic mass is 9.81. The lowest BCUT2D eigenvalue weighted by Gasteiger charge is -2.42. The predicted molar refractivity (Wildman–Crippen MR) is 51.5 cm³/mol. The summed E-state index contributed by atoms with van der Waals surface area (Å²) in [6.45, 7) is 5.47. The molecule has 2 saturated heterocycles. The topological polar surface area (TPSA) is 49.4 Å². The number of carbonyl (C=O) groups is 2. The average molecular weight is 196 g/mol. The number of nitrogens with zero attached hydrogens (tertiary/aromatic N) is 1. The quantitative estimate of drug-likeness (QED) is 0.607. The molecule has 0 aromatic carbocycles. The van der Waals surface area contributed by atoms with Gasteiger partial charge in [0, 0.05) is 25.9 Å². The van der Waals surface area contributed by atoms with Gasteiger partial charge in [-0.3, -0.25) is 14.5 Å². The molecule has 0 bridgehead atoms. The highest BCUT2D eigenvalue weighted by Crippen LogP contribution is 2.32. The second kappa shape index (κ2) is 3.05. The Morgan fingerprint density at radius 3 is 2.07 bits per heavy atom. The summed E-state index contributed by atoms with van der Waals surface area (Å²) in [7, 11) is 0. The van der Waals surface area contributed by atoms with E-state index in [-0.39, 0.29) is 23.3 Å². The highest BCUT2D eigenvalue weighted by atomic mass is 16.2. The van der Waals surface area contributed by atoms with Crippen LogP contribution in [0.1, 0.15) is 26.7 Å². The van der Waals surface area contributed by atoms with Crippen LogP contribution in [0.4, 0.5) is 0 Å². The van der Waals surface area contributed by atoms with Crippen molar-refractivity contribution in [2.24, 2.45) is 5.41 Å². The summed E-state index contributed by atoms with van der Waals surface area (Å²) in [5.74, 6) is -0.00417. The van der Waals surface area contributed by atoms with Crippen molar-refractivity contribution < 1.29 is 9.59 Å². The molecule has 2 aliphatic rings. The molecule has 2 rings (SSSR count). The Morgan fingerprint density at radius 2 is 1.71 bits per heavy atom. The molecule has 0 atom stereocenters. The molecule has 2 aliphatic heterocycles. The van der Waals surface area contributed by atoms with E-state index < -0.39 is 0 Å². The zero-order chi connectivity index (χ0) is 10.3. The molecule has 0 aliphatic carbocycles. The molecule has 0 unspecified atom stereocenters. The number of likely N-dealkylation sites (tertiary alicyclic amines) is 1. The minimum atomic E-state index is -0.151. The summed E-state index contributed by atoms with van der Waals surface area (Å²) in [5.41, 5.74) is -0.151. The third-order valence-corrected chi connectivity index (χ3v) is 2.92. The molecule has 0 radical (unpaired) electrons. The molecular weight excluding hydrogens is 180 g/mol. The molecule has 0 saturated carbocycles. The number of piperidine rings is 1. The fourth-order valence-electron chi connectivity index (χ4n) is 2.05. The van der Waals surface area contributed by atoms with Crippen LogP contribution in [0.25, 0.3) is 0 Å². The minimum absolute atomic E-state index is 0.00208. The summed E-state index contributed by atoms with van der Waals surface area (Å²) >= 11 is 0. The second-order valence-electron chi connectivity index (χ2n) is 4.99. The molecular formula is C10H16N2O2. The standard InChI is InChI=1S/C10H16N2O2/c1-10(2)3-8(13)12(9(14)4-10)7-5-11-6-7/h7,11H,3-6H2,1-2H3. The largest absolute Gasteiger partial charge is 0.313 e. The van der Waals surface area contributed by atoms with Crippen LogP contribution >= 0.6 is 0 Å². The number of hydrogen-bond acceptors (Lipinski definition) is 3. The van der Waals surface area contributed by atoms with E-state index in [2.05, 4.69) is 5.32 Å². The van der Waals surface area contributed by atoms with E-state index in [4.69, 9.17) is 0 Å². The van der Waals surface area contributed by atoms with Crippen LogP contribution in [0.2, 0.25) is 0 Å². The first-order valence-electron chi connectivity index (χ1n) is 5.05. The van der Waals surface area contributed by atoms with E-state index >= 15 is 0 Å². The fourth-order valence-corrected chi connectivity index (χ4v) is 2.05. The highest BCUT2D eigenvalue weighted by molar-refractivity contribution is 5.99. The Morgan fingerprint density at radius 1 is 1.21 bits per heavy atom. The van der Waals surface area contributed by atoms with Crippen molar-refractivity contribution in [3.8, 4) is 0 Å². The van der Waals surface area contributed by atoms with Crippen LogP contribution in [0.15, 0.2) is 0 Å². The van der Waals surface area contributed by atoms with Crippen molar-refractivity contribution in [1.82, 2.24) is 10.2 Å². The van der Waals surface area contributed by atoms with Crippen LogP contribution in [-0.4, -0.2) is 35.8 Å². The van der Waals surface area contributed by atoms with Gasteiger partial charge in [0.05, 0.1) is 6.04 Å². The van der Waals surface area contributed by atoms with Crippen LogP contribution in [0, 0.1) is 5.41 Å². The molecule has 0 aromatic heterocycles. The number of amides is 2. The molecule has 4 heteroatoms. The van der Waals surface area contributed by atoms with Gasteiger partial charge in [-0.15, -0.1) is 0 Å². The van der Waals surface area contributed by atoms with Crippen molar-refractivity contribution in [3.05, 3.63) is 0 Å². The van der Waals surface area contributed by atoms with E-state index in [1.807, 2.05) is 13.8 Å². The van der Waals surface area contributed by atoms with Gasteiger partial charge in [-0.05, 0) is 5.41 Å². The molecule has 14 heavy (non-hydrogen) atoms. The summed E-state index contributed by atoms with van der Waals surface area (Å²) in [6.07, 6.45) is 0.991. The Labute approximate surface area is 83.6 Å².